The van der Waals surface area contributed by atoms with Crippen molar-refractivity contribution in [2.24, 2.45) is 5.92 Å². The summed E-state index contributed by atoms with van der Waals surface area (Å²) >= 11 is 7.79. The number of nitrogens with zero attached hydrogens (tertiary/aromatic N) is 3. The maximum Gasteiger partial charge on any atom is 0.262 e. The van der Waals surface area contributed by atoms with Gasteiger partial charge in [-0.2, -0.15) is 5.10 Å². The minimum absolute atomic E-state index is 0.0222. The largest absolute Gasteiger partial charge is 0.366 e. The highest BCUT2D eigenvalue weighted by Crippen LogP contribution is 2.41. The first kappa shape index (κ1) is 24.0. The number of ether oxygens (including phenoxy) is 1. The summed E-state index contributed by atoms with van der Waals surface area (Å²) in [6, 6.07) is 4.36. The predicted molar refractivity (Wildman–Crippen MR) is 135 cm³/mol. The summed E-state index contributed by atoms with van der Waals surface area (Å²) in [7, 11) is 0. The Morgan fingerprint density at radius 2 is 1.97 bits per heavy atom. The lowest BCUT2D eigenvalue weighted by atomic mass is 9.83. The van der Waals surface area contributed by atoms with Gasteiger partial charge in [-0.25, -0.2) is 0 Å². The fourth-order valence-corrected chi connectivity index (χ4v) is 7.03. The molecule has 190 valence electrons. The number of thiophene rings is 1. The Morgan fingerprint density at radius 3 is 2.75 bits per heavy atom. The molecule has 4 aliphatic rings. The number of carbonyl (C=O) groups excluding carboxylic acids is 3. The Kier molecular flexibility index (Phi) is 6.56. The number of nitrogens with one attached hydrogen (secondary N) is 1. The molecular formula is C26H29ClN4O4S. The molecule has 6 rings (SSSR count). The molecule has 36 heavy (non-hydrogen) atoms. The first-order chi connectivity index (χ1) is 17.5. The number of amides is 2. The van der Waals surface area contributed by atoms with Crippen LogP contribution in [0.5, 0.6) is 0 Å². The standard InChI is InChI=1S/C26H29ClN4O4S/c27-17-12-31(23-19(32)13-35-24(17)23)26(34)22(15-4-2-1-3-5-15)29-25(33)21-9-8-20(36-21)18-10-16(11-28-30-18)14-6-7-14/h8-11,14-15,17,22-24H,1-7,12-13H2,(H,29,33). The Bertz CT molecular complexity index is 1180. The van der Waals surface area contributed by atoms with Gasteiger partial charge in [0.05, 0.1) is 21.3 Å². The summed E-state index contributed by atoms with van der Waals surface area (Å²) in [5.41, 5.74) is 1.95. The summed E-state index contributed by atoms with van der Waals surface area (Å²) < 4.78 is 5.56. The summed E-state index contributed by atoms with van der Waals surface area (Å²) in [6.07, 6.45) is 8.62. The Hall–Kier alpha value is -2.36. The van der Waals surface area contributed by atoms with E-state index in [1.807, 2.05) is 12.3 Å². The van der Waals surface area contributed by atoms with Crippen molar-refractivity contribution in [2.45, 2.75) is 74.4 Å². The molecular weight excluding hydrogens is 500 g/mol. The van der Waals surface area contributed by atoms with Crippen molar-refractivity contribution in [3.05, 3.63) is 34.8 Å². The molecule has 2 aromatic heterocycles. The molecule has 2 amide bonds. The van der Waals surface area contributed by atoms with Crippen LogP contribution in [0.4, 0.5) is 0 Å². The van der Waals surface area contributed by atoms with Gasteiger partial charge in [0.25, 0.3) is 5.91 Å². The van der Waals surface area contributed by atoms with E-state index in [4.69, 9.17) is 16.3 Å². The van der Waals surface area contributed by atoms with Crippen molar-refractivity contribution in [3.63, 3.8) is 0 Å². The van der Waals surface area contributed by atoms with Crippen molar-refractivity contribution in [1.82, 2.24) is 20.4 Å². The van der Waals surface area contributed by atoms with Gasteiger partial charge >= 0.3 is 0 Å². The molecule has 0 aromatic carbocycles. The molecule has 4 atom stereocenters. The predicted octanol–water partition coefficient (Wildman–Crippen LogP) is 3.55. The molecule has 2 saturated heterocycles. The zero-order valence-electron chi connectivity index (χ0n) is 19.9. The van der Waals surface area contributed by atoms with E-state index >= 15 is 0 Å². The second kappa shape index (κ2) is 9.84. The van der Waals surface area contributed by atoms with E-state index in [1.54, 1.807) is 11.0 Å². The van der Waals surface area contributed by atoms with Crippen LogP contribution in [0.3, 0.4) is 0 Å². The average molecular weight is 529 g/mol. The smallest absolute Gasteiger partial charge is 0.262 e. The van der Waals surface area contributed by atoms with Gasteiger partial charge in [0.2, 0.25) is 5.91 Å². The number of aromatic nitrogens is 2. The summed E-state index contributed by atoms with van der Waals surface area (Å²) in [5.74, 6) is -0.0385. The number of carbonyl (C=O) groups is 3. The molecule has 2 aliphatic heterocycles. The number of hydrogen-bond donors (Lipinski definition) is 1. The van der Waals surface area contributed by atoms with Crippen LogP contribution in [-0.4, -0.2) is 69.4 Å². The lowest BCUT2D eigenvalue weighted by Gasteiger charge is -2.34. The number of alkyl halides is 1. The zero-order valence-corrected chi connectivity index (χ0v) is 21.5. The quantitative estimate of drug-likeness (QED) is 0.575. The number of halogens is 1. The maximum absolute atomic E-state index is 13.8. The minimum atomic E-state index is -0.697. The zero-order chi connectivity index (χ0) is 24.8. The van der Waals surface area contributed by atoms with E-state index < -0.39 is 23.6 Å². The number of fused-ring (bicyclic) bond motifs is 1. The first-order valence-corrected chi connectivity index (χ1v) is 14.1. The van der Waals surface area contributed by atoms with Gasteiger partial charge in [-0.1, -0.05) is 19.3 Å². The van der Waals surface area contributed by atoms with Gasteiger partial charge in [0.1, 0.15) is 30.5 Å². The van der Waals surface area contributed by atoms with Crippen LogP contribution in [0.15, 0.2) is 24.4 Å². The number of hydrogen-bond acceptors (Lipinski definition) is 7. The van der Waals surface area contributed by atoms with Crippen LogP contribution in [0, 0.1) is 5.92 Å². The van der Waals surface area contributed by atoms with Crippen LogP contribution >= 0.6 is 22.9 Å². The van der Waals surface area contributed by atoms with Crippen LogP contribution in [-0.2, 0) is 14.3 Å². The minimum Gasteiger partial charge on any atom is -0.366 e. The third-order valence-corrected chi connectivity index (χ3v) is 9.38. The lowest BCUT2D eigenvalue weighted by molar-refractivity contribution is -0.139. The van der Waals surface area contributed by atoms with Gasteiger partial charge in [0.15, 0.2) is 5.78 Å². The highest BCUT2D eigenvalue weighted by molar-refractivity contribution is 7.17. The van der Waals surface area contributed by atoms with Gasteiger partial charge in [-0.05, 0) is 61.3 Å². The molecule has 1 N–H and O–H groups in total. The Balaban J connectivity index is 1.22. The third-order valence-electron chi connectivity index (χ3n) is 7.89. The number of rotatable bonds is 6. The van der Waals surface area contributed by atoms with E-state index in [-0.39, 0.29) is 36.7 Å². The first-order valence-electron chi connectivity index (χ1n) is 12.8. The topological polar surface area (TPSA) is 101 Å². The molecule has 4 heterocycles. The van der Waals surface area contributed by atoms with E-state index in [0.29, 0.717) is 10.8 Å². The monoisotopic (exact) mass is 528 g/mol. The van der Waals surface area contributed by atoms with Crippen molar-refractivity contribution >= 4 is 40.5 Å². The lowest BCUT2D eigenvalue weighted by Crippen LogP contribution is -2.55. The molecule has 2 aromatic rings. The normalized spacial score (nSPS) is 27.2. The highest BCUT2D eigenvalue weighted by atomic mass is 35.5. The van der Waals surface area contributed by atoms with Gasteiger partial charge in [0, 0.05) is 6.54 Å². The molecule has 2 saturated carbocycles. The molecule has 0 spiro atoms. The second-order valence-corrected chi connectivity index (χ2v) is 12.0. The Labute approximate surface area is 218 Å². The van der Waals surface area contributed by atoms with Crippen molar-refractivity contribution in [3.8, 4) is 10.6 Å². The third kappa shape index (κ3) is 4.57. The van der Waals surface area contributed by atoms with E-state index in [1.165, 1.54) is 29.7 Å². The Morgan fingerprint density at radius 1 is 1.17 bits per heavy atom. The molecule has 0 radical (unpaired) electrons. The van der Waals surface area contributed by atoms with Crippen molar-refractivity contribution < 1.29 is 19.1 Å². The maximum atomic E-state index is 13.8. The van der Waals surface area contributed by atoms with Crippen LogP contribution < -0.4 is 5.32 Å². The van der Waals surface area contributed by atoms with Crippen LogP contribution in [0.1, 0.15) is 66.1 Å². The number of Topliss-reactive ketones (excluding diaryl/α,β-unsaturated/α-hetero) is 1. The van der Waals surface area contributed by atoms with Crippen LogP contribution in [0.2, 0.25) is 0 Å². The fraction of sp³-hybridized carbons (Fsp3) is 0.577. The second-order valence-electron chi connectivity index (χ2n) is 10.4. The molecule has 2 aliphatic carbocycles. The average Bonchev–Trinajstić information content (AvgIpc) is 3.35. The molecule has 10 heteroatoms. The summed E-state index contributed by atoms with van der Waals surface area (Å²) in [4.78, 5) is 42.6. The van der Waals surface area contributed by atoms with Gasteiger partial charge < -0.3 is 15.0 Å². The molecule has 0 bridgehead atoms. The fourth-order valence-electron chi connectivity index (χ4n) is 5.80. The number of likely N-dealkylation sites (tertiary alicyclic amines) is 1. The van der Waals surface area contributed by atoms with E-state index in [9.17, 15) is 14.4 Å². The van der Waals surface area contributed by atoms with E-state index in [0.717, 1.165) is 42.7 Å². The van der Waals surface area contributed by atoms with Crippen LogP contribution in [0.25, 0.3) is 10.6 Å². The number of ketones is 1. The SMILES string of the molecule is O=C(NC(C(=O)N1CC(Cl)C2OCC(=O)C21)C1CCCCC1)c1ccc(-c2cc(C3CC3)cnn2)s1. The van der Waals surface area contributed by atoms with Gasteiger partial charge in [-0.3, -0.25) is 14.4 Å². The summed E-state index contributed by atoms with van der Waals surface area (Å²) in [6.45, 7) is 0.227. The van der Waals surface area contributed by atoms with Gasteiger partial charge in [-0.15, -0.1) is 28.0 Å². The highest BCUT2D eigenvalue weighted by Gasteiger charge is 2.53. The molecule has 8 nitrogen and oxygen atoms in total. The van der Waals surface area contributed by atoms with E-state index in [2.05, 4.69) is 21.6 Å². The summed E-state index contributed by atoms with van der Waals surface area (Å²) in [5, 5.41) is 11.0. The molecule has 4 unspecified atom stereocenters. The van der Waals surface area contributed by atoms with Crippen molar-refractivity contribution in [1.29, 1.82) is 0 Å². The molecule has 4 fully saturated rings. The van der Waals surface area contributed by atoms with Crippen molar-refractivity contribution in [2.75, 3.05) is 13.2 Å².